The van der Waals surface area contributed by atoms with Crippen LogP contribution in [-0.4, -0.2) is 18.0 Å². The summed E-state index contributed by atoms with van der Waals surface area (Å²) in [6.45, 7) is 4.67. The topological polar surface area (TPSA) is 26.3 Å². The lowest BCUT2D eigenvalue weighted by atomic mass is 10.0. The van der Waals surface area contributed by atoms with Gasteiger partial charge in [-0.2, -0.15) is 0 Å². The van der Waals surface area contributed by atoms with E-state index in [4.69, 9.17) is 4.74 Å². The molecule has 1 fully saturated rings. The average Bonchev–Trinajstić information content (AvgIpc) is 1.90. The Balaban J connectivity index is 2.54. The van der Waals surface area contributed by atoms with Gasteiger partial charge in [-0.15, -0.1) is 0 Å². The fourth-order valence-electron chi connectivity index (χ4n) is 1.23. The summed E-state index contributed by atoms with van der Waals surface area (Å²) in [6.07, 6.45) is 2.17. The second-order valence-corrected chi connectivity index (χ2v) is 3.43. The van der Waals surface area contributed by atoms with Crippen molar-refractivity contribution in [3.05, 3.63) is 0 Å². The van der Waals surface area contributed by atoms with Gasteiger partial charge in [0.05, 0.1) is 5.60 Å². The Morgan fingerprint density at radius 2 is 2.20 bits per heavy atom. The molecular formula is C8H14O2. The van der Waals surface area contributed by atoms with Crippen molar-refractivity contribution < 1.29 is 9.53 Å². The number of hydrogen-bond acceptors (Lipinski definition) is 2. The SMILES string of the molecule is CC1(C)CC(=O)CCCO1. The molecule has 0 atom stereocenters. The van der Waals surface area contributed by atoms with Crippen LogP contribution in [0.25, 0.3) is 0 Å². The largest absolute Gasteiger partial charge is 0.375 e. The zero-order valence-corrected chi connectivity index (χ0v) is 6.64. The molecule has 0 saturated carbocycles. The Labute approximate surface area is 61.6 Å². The third-order valence-corrected chi connectivity index (χ3v) is 1.72. The molecule has 0 spiro atoms. The summed E-state index contributed by atoms with van der Waals surface area (Å²) in [5.41, 5.74) is -0.215. The highest BCUT2D eigenvalue weighted by molar-refractivity contribution is 5.79. The number of Topliss-reactive ketones (excluding diaryl/α,β-unsaturated/α-hetero) is 1. The molecule has 0 amide bonds. The number of carbonyl (C=O) groups is 1. The van der Waals surface area contributed by atoms with Gasteiger partial charge in [0, 0.05) is 19.4 Å². The molecule has 0 aromatic carbocycles. The van der Waals surface area contributed by atoms with Crippen LogP contribution in [0.2, 0.25) is 0 Å². The monoisotopic (exact) mass is 142 g/mol. The van der Waals surface area contributed by atoms with Crippen LogP contribution in [0.3, 0.4) is 0 Å². The lowest BCUT2D eigenvalue weighted by Gasteiger charge is -2.21. The normalized spacial score (nSPS) is 26.0. The van der Waals surface area contributed by atoms with Gasteiger partial charge in [0.15, 0.2) is 0 Å². The molecule has 0 bridgehead atoms. The number of ketones is 1. The van der Waals surface area contributed by atoms with Gasteiger partial charge in [0.25, 0.3) is 0 Å². The molecule has 0 N–H and O–H groups in total. The Morgan fingerprint density at radius 3 is 2.90 bits per heavy atom. The van der Waals surface area contributed by atoms with Crippen molar-refractivity contribution in [1.82, 2.24) is 0 Å². The maximum Gasteiger partial charge on any atom is 0.135 e. The van der Waals surface area contributed by atoms with E-state index in [1.54, 1.807) is 0 Å². The molecule has 58 valence electrons. The van der Waals surface area contributed by atoms with Crippen molar-refractivity contribution in [2.24, 2.45) is 0 Å². The van der Waals surface area contributed by atoms with Gasteiger partial charge in [0.1, 0.15) is 5.78 Å². The molecule has 1 saturated heterocycles. The molecule has 0 aromatic rings. The predicted octanol–water partition coefficient (Wildman–Crippen LogP) is 1.53. The van der Waals surface area contributed by atoms with E-state index in [2.05, 4.69) is 0 Å². The molecule has 10 heavy (non-hydrogen) atoms. The Hall–Kier alpha value is -0.370. The lowest BCUT2D eigenvalue weighted by Crippen LogP contribution is -2.25. The maximum absolute atomic E-state index is 11.0. The Morgan fingerprint density at radius 1 is 1.50 bits per heavy atom. The van der Waals surface area contributed by atoms with Gasteiger partial charge in [-0.3, -0.25) is 4.79 Å². The van der Waals surface area contributed by atoms with E-state index in [1.807, 2.05) is 13.8 Å². The van der Waals surface area contributed by atoms with Crippen molar-refractivity contribution in [2.75, 3.05) is 6.61 Å². The molecule has 1 aliphatic heterocycles. The van der Waals surface area contributed by atoms with Crippen LogP contribution < -0.4 is 0 Å². The first-order valence-electron chi connectivity index (χ1n) is 3.76. The molecule has 2 heteroatoms. The van der Waals surface area contributed by atoms with E-state index in [-0.39, 0.29) is 5.60 Å². The van der Waals surface area contributed by atoms with Crippen molar-refractivity contribution in [3.63, 3.8) is 0 Å². The van der Waals surface area contributed by atoms with Crippen molar-refractivity contribution in [2.45, 2.75) is 38.7 Å². The summed E-state index contributed by atoms with van der Waals surface area (Å²) in [6, 6.07) is 0. The Kier molecular flexibility index (Phi) is 2.09. The van der Waals surface area contributed by atoms with E-state index >= 15 is 0 Å². The van der Waals surface area contributed by atoms with Crippen LogP contribution in [0.4, 0.5) is 0 Å². The van der Waals surface area contributed by atoms with Crippen LogP contribution in [0.1, 0.15) is 33.1 Å². The zero-order chi connectivity index (χ0) is 7.61. The van der Waals surface area contributed by atoms with Crippen LogP contribution in [0.15, 0.2) is 0 Å². The average molecular weight is 142 g/mol. The van der Waals surface area contributed by atoms with Gasteiger partial charge < -0.3 is 4.74 Å². The van der Waals surface area contributed by atoms with Crippen molar-refractivity contribution in [1.29, 1.82) is 0 Å². The van der Waals surface area contributed by atoms with E-state index in [9.17, 15) is 4.79 Å². The fourth-order valence-corrected chi connectivity index (χ4v) is 1.23. The van der Waals surface area contributed by atoms with Gasteiger partial charge in [0.2, 0.25) is 0 Å². The number of carbonyl (C=O) groups excluding carboxylic acids is 1. The van der Waals surface area contributed by atoms with E-state index < -0.39 is 0 Å². The standard InChI is InChI=1S/C8H14O2/c1-8(2)6-7(9)4-3-5-10-8/h3-6H2,1-2H3. The quantitative estimate of drug-likeness (QED) is 0.512. The molecule has 0 aromatic heterocycles. The third-order valence-electron chi connectivity index (χ3n) is 1.72. The van der Waals surface area contributed by atoms with Gasteiger partial charge >= 0.3 is 0 Å². The van der Waals surface area contributed by atoms with Gasteiger partial charge in [-0.05, 0) is 20.3 Å². The fraction of sp³-hybridized carbons (Fsp3) is 0.875. The van der Waals surface area contributed by atoms with Crippen LogP contribution in [0.5, 0.6) is 0 Å². The molecule has 0 aliphatic carbocycles. The summed E-state index contributed by atoms with van der Waals surface area (Å²) >= 11 is 0. The molecule has 1 aliphatic rings. The number of rotatable bonds is 0. The molecule has 1 heterocycles. The summed E-state index contributed by atoms with van der Waals surface area (Å²) in [7, 11) is 0. The highest BCUT2D eigenvalue weighted by Crippen LogP contribution is 2.20. The van der Waals surface area contributed by atoms with E-state index in [1.165, 1.54) is 0 Å². The van der Waals surface area contributed by atoms with E-state index in [0.29, 0.717) is 18.6 Å². The van der Waals surface area contributed by atoms with E-state index in [0.717, 1.165) is 13.0 Å². The lowest BCUT2D eigenvalue weighted by molar-refractivity contribution is -0.122. The summed E-state index contributed by atoms with van der Waals surface area (Å²) in [5.74, 6) is 0.336. The summed E-state index contributed by atoms with van der Waals surface area (Å²) < 4.78 is 5.44. The molecular weight excluding hydrogens is 128 g/mol. The van der Waals surface area contributed by atoms with Crippen molar-refractivity contribution in [3.8, 4) is 0 Å². The van der Waals surface area contributed by atoms with Gasteiger partial charge in [-0.1, -0.05) is 0 Å². The molecule has 2 nitrogen and oxygen atoms in total. The third kappa shape index (κ3) is 2.10. The zero-order valence-electron chi connectivity index (χ0n) is 6.64. The maximum atomic E-state index is 11.0. The first-order chi connectivity index (χ1) is 4.60. The second-order valence-electron chi connectivity index (χ2n) is 3.43. The van der Waals surface area contributed by atoms with Crippen LogP contribution in [-0.2, 0) is 9.53 Å². The first-order valence-corrected chi connectivity index (χ1v) is 3.76. The van der Waals surface area contributed by atoms with Crippen LogP contribution in [0, 0.1) is 0 Å². The number of ether oxygens (including phenoxy) is 1. The smallest absolute Gasteiger partial charge is 0.135 e. The predicted molar refractivity (Wildman–Crippen MR) is 38.9 cm³/mol. The first kappa shape index (κ1) is 7.73. The van der Waals surface area contributed by atoms with Crippen LogP contribution >= 0.6 is 0 Å². The highest BCUT2D eigenvalue weighted by Gasteiger charge is 2.24. The minimum absolute atomic E-state index is 0.215. The summed E-state index contributed by atoms with van der Waals surface area (Å²) in [4.78, 5) is 11.0. The minimum atomic E-state index is -0.215. The Bertz CT molecular complexity index is 138. The number of hydrogen-bond donors (Lipinski definition) is 0. The minimum Gasteiger partial charge on any atom is -0.375 e. The summed E-state index contributed by atoms with van der Waals surface area (Å²) in [5, 5.41) is 0. The highest BCUT2D eigenvalue weighted by atomic mass is 16.5. The molecule has 0 unspecified atom stereocenters. The second kappa shape index (κ2) is 2.70. The van der Waals surface area contributed by atoms with Gasteiger partial charge in [-0.25, -0.2) is 0 Å². The molecule has 1 rings (SSSR count). The molecule has 0 radical (unpaired) electrons. The van der Waals surface area contributed by atoms with Crippen molar-refractivity contribution >= 4 is 5.78 Å².